The van der Waals surface area contributed by atoms with Crippen molar-refractivity contribution in [3.63, 3.8) is 0 Å². The smallest absolute Gasteiger partial charge is 0.313 e. The van der Waals surface area contributed by atoms with Gasteiger partial charge < -0.3 is 13.9 Å². The van der Waals surface area contributed by atoms with Crippen LogP contribution in [0.1, 0.15) is 36.5 Å². The Balaban J connectivity index is 2.45. The SMILES string of the molecule is COC(=O)[C@@H](c1ccccc1)[C@@H](CC(C)=O)c1ccco1. The second-order valence-electron chi connectivity index (χ2n) is 4.94. The predicted octanol–water partition coefficient (Wildman–Crippen LogP) is 3.30. The van der Waals surface area contributed by atoms with Crippen LogP contribution in [0.4, 0.5) is 0 Å². The molecule has 0 aliphatic rings. The molecule has 2 atom stereocenters. The minimum atomic E-state index is -0.564. The standard InChI is InChI=1S/C17H18O4/c1-12(18)11-14(15-9-6-10-21-15)16(17(19)20-2)13-7-4-3-5-8-13/h3-10,14,16H,11H2,1-2H3/t14-,16-/m0/s1. The van der Waals surface area contributed by atoms with Gasteiger partial charge in [0, 0.05) is 12.3 Å². The van der Waals surface area contributed by atoms with Crippen molar-refractivity contribution in [1.29, 1.82) is 0 Å². The first kappa shape index (κ1) is 15.0. The van der Waals surface area contributed by atoms with E-state index in [1.165, 1.54) is 14.0 Å². The molecule has 1 heterocycles. The van der Waals surface area contributed by atoms with Gasteiger partial charge in [-0.05, 0) is 24.6 Å². The van der Waals surface area contributed by atoms with Crippen LogP contribution in [0.2, 0.25) is 0 Å². The van der Waals surface area contributed by atoms with Crippen LogP contribution in [0, 0.1) is 0 Å². The molecule has 0 spiro atoms. The largest absolute Gasteiger partial charge is 0.469 e. The minimum absolute atomic E-state index is 0.00114. The van der Waals surface area contributed by atoms with E-state index in [1.807, 2.05) is 30.3 Å². The molecule has 21 heavy (non-hydrogen) atoms. The molecule has 2 aromatic rings. The lowest BCUT2D eigenvalue weighted by atomic mass is 9.81. The quantitative estimate of drug-likeness (QED) is 0.764. The Bertz CT molecular complexity index is 587. The van der Waals surface area contributed by atoms with Gasteiger partial charge in [-0.25, -0.2) is 0 Å². The predicted molar refractivity (Wildman–Crippen MR) is 77.9 cm³/mol. The summed E-state index contributed by atoms with van der Waals surface area (Å²) in [7, 11) is 1.35. The molecule has 0 unspecified atom stereocenters. The molecule has 1 aromatic carbocycles. The maximum Gasteiger partial charge on any atom is 0.313 e. The van der Waals surface area contributed by atoms with E-state index in [-0.39, 0.29) is 24.1 Å². The van der Waals surface area contributed by atoms with Crippen molar-refractivity contribution in [2.75, 3.05) is 7.11 Å². The van der Waals surface area contributed by atoms with Crippen molar-refractivity contribution in [3.05, 3.63) is 60.1 Å². The average Bonchev–Trinajstić information content (AvgIpc) is 3.01. The Kier molecular flexibility index (Phi) is 4.93. The zero-order valence-electron chi connectivity index (χ0n) is 12.1. The van der Waals surface area contributed by atoms with Crippen molar-refractivity contribution in [2.45, 2.75) is 25.2 Å². The van der Waals surface area contributed by atoms with E-state index < -0.39 is 5.92 Å². The molecule has 0 radical (unpaired) electrons. The number of ketones is 1. The number of rotatable bonds is 6. The van der Waals surface area contributed by atoms with Crippen LogP contribution in [-0.2, 0) is 14.3 Å². The molecule has 4 heteroatoms. The molecule has 0 aliphatic carbocycles. The molecule has 0 aliphatic heterocycles. The second kappa shape index (κ2) is 6.88. The highest BCUT2D eigenvalue weighted by molar-refractivity contribution is 5.82. The van der Waals surface area contributed by atoms with E-state index in [0.29, 0.717) is 5.76 Å². The second-order valence-corrected chi connectivity index (χ2v) is 4.94. The highest BCUT2D eigenvalue weighted by Gasteiger charge is 2.34. The Morgan fingerprint density at radius 2 is 1.86 bits per heavy atom. The normalized spacial score (nSPS) is 13.4. The van der Waals surface area contributed by atoms with Crippen molar-refractivity contribution in [1.82, 2.24) is 0 Å². The first-order valence-electron chi connectivity index (χ1n) is 6.79. The first-order chi connectivity index (χ1) is 10.1. The van der Waals surface area contributed by atoms with E-state index in [0.717, 1.165) is 5.56 Å². The van der Waals surface area contributed by atoms with Crippen molar-refractivity contribution >= 4 is 11.8 Å². The molecule has 0 bridgehead atoms. The van der Waals surface area contributed by atoms with Crippen LogP contribution in [0.15, 0.2) is 53.1 Å². The third-order valence-corrected chi connectivity index (χ3v) is 3.43. The number of carbonyl (C=O) groups excluding carboxylic acids is 2. The molecule has 0 saturated carbocycles. The Labute approximate surface area is 123 Å². The summed E-state index contributed by atoms with van der Waals surface area (Å²) in [5, 5.41) is 0. The van der Waals surface area contributed by atoms with Crippen molar-refractivity contribution in [3.8, 4) is 0 Å². The average molecular weight is 286 g/mol. The molecular weight excluding hydrogens is 268 g/mol. The first-order valence-corrected chi connectivity index (χ1v) is 6.79. The van der Waals surface area contributed by atoms with Gasteiger partial charge in [-0.1, -0.05) is 30.3 Å². The van der Waals surface area contributed by atoms with Crippen LogP contribution < -0.4 is 0 Å². The van der Waals surface area contributed by atoms with Crippen LogP contribution >= 0.6 is 0 Å². The van der Waals surface area contributed by atoms with Gasteiger partial charge in [-0.15, -0.1) is 0 Å². The fourth-order valence-corrected chi connectivity index (χ4v) is 2.51. The minimum Gasteiger partial charge on any atom is -0.469 e. The topological polar surface area (TPSA) is 56.5 Å². The molecule has 4 nitrogen and oxygen atoms in total. The lowest BCUT2D eigenvalue weighted by molar-refractivity contribution is -0.143. The summed E-state index contributed by atoms with van der Waals surface area (Å²) in [5.41, 5.74) is 0.812. The maximum atomic E-state index is 12.3. The molecule has 0 saturated heterocycles. The highest BCUT2D eigenvalue weighted by atomic mass is 16.5. The number of methoxy groups -OCH3 is 1. The summed E-state index contributed by atoms with van der Waals surface area (Å²) >= 11 is 0. The van der Waals surface area contributed by atoms with E-state index in [2.05, 4.69) is 0 Å². The fourth-order valence-electron chi connectivity index (χ4n) is 2.51. The molecule has 1 aromatic heterocycles. The molecule has 2 rings (SSSR count). The number of Topliss-reactive ketones (excluding diaryl/α,β-unsaturated/α-hetero) is 1. The summed E-state index contributed by atoms with van der Waals surface area (Å²) in [5.74, 6) is -0.687. The van der Waals surface area contributed by atoms with Gasteiger partial charge in [0.1, 0.15) is 11.5 Å². The Morgan fingerprint density at radius 1 is 1.14 bits per heavy atom. The number of hydrogen-bond donors (Lipinski definition) is 0. The third kappa shape index (κ3) is 3.60. The lowest BCUT2D eigenvalue weighted by Gasteiger charge is -2.23. The summed E-state index contributed by atoms with van der Waals surface area (Å²) in [4.78, 5) is 23.9. The zero-order valence-corrected chi connectivity index (χ0v) is 12.1. The number of esters is 1. The monoisotopic (exact) mass is 286 g/mol. The molecule has 0 fully saturated rings. The Morgan fingerprint density at radius 3 is 2.38 bits per heavy atom. The summed E-state index contributed by atoms with van der Waals surface area (Å²) < 4.78 is 10.4. The van der Waals surface area contributed by atoms with Crippen LogP contribution in [0.5, 0.6) is 0 Å². The molecular formula is C17H18O4. The van der Waals surface area contributed by atoms with Crippen molar-refractivity contribution < 1.29 is 18.7 Å². The van der Waals surface area contributed by atoms with Gasteiger partial charge in [-0.3, -0.25) is 4.79 Å². The number of hydrogen-bond acceptors (Lipinski definition) is 4. The summed E-state index contributed by atoms with van der Waals surface area (Å²) in [6.07, 6.45) is 1.77. The number of furan rings is 1. The van der Waals surface area contributed by atoms with E-state index in [9.17, 15) is 9.59 Å². The Hall–Kier alpha value is -2.36. The van der Waals surface area contributed by atoms with Gasteiger partial charge in [0.2, 0.25) is 0 Å². The third-order valence-electron chi connectivity index (χ3n) is 3.43. The maximum absolute atomic E-state index is 12.3. The van der Waals surface area contributed by atoms with Crippen molar-refractivity contribution in [2.24, 2.45) is 0 Å². The fraction of sp³-hybridized carbons (Fsp3) is 0.294. The molecule has 0 N–H and O–H groups in total. The lowest BCUT2D eigenvalue weighted by Crippen LogP contribution is -2.23. The van der Waals surface area contributed by atoms with Crippen LogP contribution in [-0.4, -0.2) is 18.9 Å². The summed E-state index contributed by atoms with van der Waals surface area (Å²) in [6, 6.07) is 12.9. The van der Waals surface area contributed by atoms with Gasteiger partial charge in [0.05, 0.1) is 19.3 Å². The molecule has 0 amide bonds. The van der Waals surface area contributed by atoms with Gasteiger partial charge in [0.15, 0.2) is 0 Å². The van der Waals surface area contributed by atoms with E-state index >= 15 is 0 Å². The van der Waals surface area contributed by atoms with Crippen LogP contribution in [0.3, 0.4) is 0 Å². The van der Waals surface area contributed by atoms with E-state index in [1.54, 1.807) is 18.4 Å². The van der Waals surface area contributed by atoms with Gasteiger partial charge in [0.25, 0.3) is 0 Å². The van der Waals surface area contributed by atoms with Crippen LogP contribution in [0.25, 0.3) is 0 Å². The molecule has 110 valence electrons. The number of benzene rings is 1. The van der Waals surface area contributed by atoms with Gasteiger partial charge in [-0.2, -0.15) is 0 Å². The summed E-state index contributed by atoms with van der Waals surface area (Å²) in [6.45, 7) is 1.51. The number of carbonyl (C=O) groups is 2. The van der Waals surface area contributed by atoms with Gasteiger partial charge >= 0.3 is 5.97 Å². The van der Waals surface area contributed by atoms with E-state index in [4.69, 9.17) is 9.15 Å². The zero-order chi connectivity index (χ0) is 15.2. The number of ether oxygens (including phenoxy) is 1. The highest BCUT2D eigenvalue weighted by Crippen LogP contribution is 2.37.